The molecule has 0 radical (unpaired) electrons. The average Bonchev–Trinajstić information content (AvgIpc) is 3.47. The highest BCUT2D eigenvalue weighted by molar-refractivity contribution is 5.87. The summed E-state index contributed by atoms with van der Waals surface area (Å²) in [5.74, 6) is -0.209. The third kappa shape index (κ3) is 4.80. The molecule has 0 aromatic heterocycles. The van der Waals surface area contributed by atoms with E-state index < -0.39 is 6.04 Å². The minimum Gasteiger partial charge on any atom is -0.333 e. The van der Waals surface area contributed by atoms with Crippen LogP contribution in [0.4, 0.5) is 4.39 Å². The van der Waals surface area contributed by atoms with E-state index in [9.17, 15) is 9.18 Å². The summed E-state index contributed by atoms with van der Waals surface area (Å²) in [6.45, 7) is 3.08. The van der Waals surface area contributed by atoms with Crippen molar-refractivity contribution in [1.29, 1.82) is 0 Å². The van der Waals surface area contributed by atoms with Crippen LogP contribution in [0, 0.1) is 5.82 Å². The number of benzene rings is 5. The maximum Gasteiger partial charge on any atom is 0.240 e. The van der Waals surface area contributed by atoms with Crippen molar-refractivity contribution in [3.8, 4) is 0 Å². The normalized spacial score (nSPS) is 17.5. The summed E-state index contributed by atoms with van der Waals surface area (Å²) < 4.78 is 15.0. The molecule has 2 atom stereocenters. The monoisotopic (exact) mass is 554 g/mol. The van der Waals surface area contributed by atoms with Gasteiger partial charge in [-0.05, 0) is 70.8 Å². The highest BCUT2D eigenvalue weighted by Crippen LogP contribution is 2.40. The second-order valence-electron chi connectivity index (χ2n) is 11.7. The highest BCUT2D eigenvalue weighted by Gasteiger charge is 2.39. The van der Waals surface area contributed by atoms with Crippen LogP contribution >= 0.6 is 0 Å². The van der Waals surface area contributed by atoms with E-state index in [1.165, 1.54) is 44.7 Å². The fraction of sp³-hybridized carbons (Fsp3) is 0.237. The second kappa shape index (κ2) is 11.2. The first-order valence-corrected chi connectivity index (χ1v) is 15.0. The number of fused-ring (bicyclic) bond motifs is 3. The summed E-state index contributed by atoms with van der Waals surface area (Å²) >= 11 is 0. The van der Waals surface area contributed by atoms with Crippen molar-refractivity contribution < 1.29 is 9.18 Å². The summed E-state index contributed by atoms with van der Waals surface area (Å²) in [6.07, 6.45) is 2.47. The molecule has 1 aliphatic carbocycles. The average molecular weight is 555 g/mol. The Labute approximate surface area is 247 Å². The van der Waals surface area contributed by atoms with Crippen molar-refractivity contribution in [2.24, 2.45) is 0 Å². The van der Waals surface area contributed by atoms with Crippen LogP contribution in [-0.4, -0.2) is 34.3 Å². The smallest absolute Gasteiger partial charge is 0.240 e. The molecule has 0 bridgehead atoms. The van der Waals surface area contributed by atoms with Gasteiger partial charge in [0.2, 0.25) is 5.91 Å². The van der Waals surface area contributed by atoms with Gasteiger partial charge in [0.05, 0.1) is 12.1 Å². The molecule has 1 aliphatic heterocycles. The fourth-order valence-corrected chi connectivity index (χ4v) is 7.17. The minimum atomic E-state index is -0.391. The van der Waals surface area contributed by atoms with Crippen molar-refractivity contribution in [1.82, 2.24) is 9.80 Å². The second-order valence-corrected chi connectivity index (χ2v) is 11.7. The molecule has 0 saturated carbocycles. The Balaban J connectivity index is 1.28. The number of nitrogens with zero attached hydrogens (tertiary/aromatic N) is 2. The van der Waals surface area contributed by atoms with Crippen LogP contribution in [0.3, 0.4) is 0 Å². The van der Waals surface area contributed by atoms with Gasteiger partial charge in [-0.2, -0.15) is 0 Å². The van der Waals surface area contributed by atoms with Gasteiger partial charge in [-0.15, -0.1) is 0 Å². The van der Waals surface area contributed by atoms with Crippen molar-refractivity contribution in [3.63, 3.8) is 0 Å². The molecule has 3 nitrogen and oxygen atoms in total. The van der Waals surface area contributed by atoms with E-state index >= 15 is 0 Å². The third-order valence-corrected chi connectivity index (χ3v) is 9.35. The number of amides is 1. The van der Waals surface area contributed by atoms with E-state index in [4.69, 9.17) is 0 Å². The zero-order valence-electron chi connectivity index (χ0n) is 23.9. The molecule has 2 aliphatic rings. The topological polar surface area (TPSA) is 23.6 Å². The largest absolute Gasteiger partial charge is 0.333 e. The van der Waals surface area contributed by atoms with E-state index in [0.29, 0.717) is 5.56 Å². The van der Waals surface area contributed by atoms with Crippen LogP contribution in [0.1, 0.15) is 46.3 Å². The van der Waals surface area contributed by atoms with Gasteiger partial charge in [-0.1, -0.05) is 109 Å². The molecule has 0 fully saturated rings. The molecule has 210 valence electrons. The van der Waals surface area contributed by atoms with Crippen LogP contribution in [0.2, 0.25) is 0 Å². The van der Waals surface area contributed by atoms with Crippen LogP contribution in [0.15, 0.2) is 115 Å². The predicted octanol–water partition coefficient (Wildman–Crippen LogP) is 7.51. The van der Waals surface area contributed by atoms with Crippen molar-refractivity contribution in [3.05, 3.63) is 154 Å². The fourth-order valence-electron chi connectivity index (χ4n) is 7.17. The lowest BCUT2D eigenvalue weighted by atomic mass is 9.85. The van der Waals surface area contributed by atoms with Crippen molar-refractivity contribution in [2.75, 3.05) is 6.54 Å². The summed E-state index contributed by atoms with van der Waals surface area (Å²) in [4.78, 5) is 19.1. The standard InChI is InChI=1S/C38H35FN2O/c1-26(38(42)41(25-31-15-6-9-20-36(31)39)32-23-29-13-2-3-14-30(29)24-32)40-22-21-28-12-5-8-18-34(28)37(40)35-19-10-16-27-11-4-7-17-33(27)35/h2-20,26,32,37H,21-25H2,1H3/t26?,37-/m1/s1. The van der Waals surface area contributed by atoms with E-state index in [-0.39, 0.29) is 30.4 Å². The van der Waals surface area contributed by atoms with Crippen molar-refractivity contribution >= 4 is 16.7 Å². The Morgan fingerprint density at radius 2 is 1.40 bits per heavy atom. The molecule has 0 spiro atoms. The molecule has 42 heavy (non-hydrogen) atoms. The lowest BCUT2D eigenvalue weighted by Crippen LogP contribution is -2.53. The number of hydrogen-bond donors (Lipinski definition) is 0. The maximum absolute atomic E-state index is 15.0. The molecule has 4 heteroatoms. The highest BCUT2D eigenvalue weighted by atomic mass is 19.1. The predicted molar refractivity (Wildman–Crippen MR) is 167 cm³/mol. The van der Waals surface area contributed by atoms with Crippen LogP contribution < -0.4 is 0 Å². The molecule has 5 aromatic carbocycles. The van der Waals surface area contributed by atoms with Gasteiger partial charge in [0.1, 0.15) is 5.82 Å². The molecule has 0 saturated heterocycles. The van der Waals surface area contributed by atoms with Gasteiger partial charge in [0.25, 0.3) is 0 Å². The first kappa shape index (κ1) is 26.6. The summed E-state index contributed by atoms with van der Waals surface area (Å²) in [7, 11) is 0. The van der Waals surface area contributed by atoms with Gasteiger partial charge < -0.3 is 4.90 Å². The quantitative estimate of drug-likeness (QED) is 0.217. The van der Waals surface area contributed by atoms with Crippen LogP contribution in [0.5, 0.6) is 0 Å². The Morgan fingerprint density at radius 3 is 2.19 bits per heavy atom. The van der Waals surface area contributed by atoms with Gasteiger partial charge in [0.15, 0.2) is 0 Å². The third-order valence-electron chi connectivity index (χ3n) is 9.35. The Kier molecular flexibility index (Phi) is 7.09. The lowest BCUT2D eigenvalue weighted by molar-refractivity contribution is -0.140. The van der Waals surface area contributed by atoms with E-state index in [0.717, 1.165) is 25.8 Å². The molecular weight excluding hydrogens is 519 g/mol. The molecule has 1 amide bonds. The summed E-state index contributed by atoms with van der Waals surface area (Å²) in [6, 6.07) is 38.5. The minimum absolute atomic E-state index is 0.00922. The molecule has 1 unspecified atom stereocenters. The number of hydrogen-bond acceptors (Lipinski definition) is 2. The van der Waals surface area contributed by atoms with Gasteiger partial charge >= 0.3 is 0 Å². The number of carbonyl (C=O) groups excluding carboxylic acids is 1. The zero-order valence-corrected chi connectivity index (χ0v) is 23.9. The molecular formula is C38H35FN2O. The van der Waals surface area contributed by atoms with E-state index in [1.807, 2.05) is 17.9 Å². The van der Waals surface area contributed by atoms with Gasteiger partial charge in [-0.25, -0.2) is 4.39 Å². The molecule has 5 aromatic rings. The van der Waals surface area contributed by atoms with Crippen LogP contribution in [-0.2, 0) is 30.6 Å². The lowest BCUT2D eigenvalue weighted by Gasteiger charge is -2.43. The van der Waals surface area contributed by atoms with E-state index in [1.54, 1.807) is 12.1 Å². The first-order chi connectivity index (χ1) is 20.6. The van der Waals surface area contributed by atoms with Crippen molar-refractivity contribution in [2.45, 2.75) is 50.9 Å². The Bertz CT molecular complexity index is 1730. The number of halogens is 1. The molecule has 7 rings (SSSR count). The number of carbonyl (C=O) groups is 1. The van der Waals surface area contributed by atoms with Gasteiger partial charge in [-0.3, -0.25) is 9.69 Å². The summed E-state index contributed by atoms with van der Waals surface area (Å²) in [5, 5.41) is 2.41. The maximum atomic E-state index is 15.0. The molecule has 0 N–H and O–H groups in total. The molecule has 1 heterocycles. The Hall–Kier alpha value is -4.28. The first-order valence-electron chi connectivity index (χ1n) is 15.0. The van der Waals surface area contributed by atoms with E-state index in [2.05, 4.69) is 95.9 Å². The van der Waals surface area contributed by atoms with Gasteiger partial charge in [0, 0.05) is 24.7 Å². The zero-order chi connectivity index (χ0) is 28.6. The Morgan fingerprint density at radius 1 is 0.786 bits per heavy atom. The number of rotatable bonds is 6. The summed E-state index contributed by atoms with van der Waals surface area (Å²) in [5.41, 5.74) is 6.93. The van der Waals surface area contributed by atoms with Crippen LogP contribution in [0.25, 0.3) is 10.8 Å². The SMILES string of the molecule is CC(C(=O)N(Cc1ccccc1F)C1Cc2ccccc2C1)N1CCc2ccccc2[C@@H]1c1cccc2ccccc12.